The molecule has 1 aromatic rings. The lowest BCUT2D eigenvalue weighted by molar-refractivity contribution is 0.312. The second kappa shape index (κ2) is 6.54. The third-order valence-electron chi connectivity index (χ3n) is 2.98. The summed E-state index contributed by atoms with van der Waals surface area (Å²) in [7, 11) is 2.02. The predicted octanol–water partition coefficient (Wildman–Crippen LogP) is 1.94. The first-order valence-corrected chi connectivity index (χ1v) is 7.06. The maximum atomic E-state index is 5.41. The van der Waals surface area contributed by atoms with Gasteiger partial charge in [0, 0.05) is 20.1 Å². The Hall–Kier alpha value is -1.59. The van der Waals surface area contributed by atoms with Crippen molar-refractivity contribution in [1.82, 2.24) is 15.0 Å². The fourth-order valence-corrected chi connectivity index (χ4v) is 1.80. The van der Waals surface area contributed by atoms with Gasteiger partial charge in [-0.3, -0.25) is 0 Å². The molecule has 6 heteroatoms. The molecule has 1 fully saturated rings. The molecule has 0 aromatic carbocycles. The molecule has 1 heterocycles. The number of hydrogen-bond donors (Lipinski definition) is 1. The maximum absolute atomic E-state index is 5.41. The number of ether oxygens (including phenoxy) is 1. The standard InChI is InChI=1S/C13H23N5O/c1-4-8-14-11-15-12(17-13(16-11)19-5-2)18(3)9-10-6-7-10/h10H,4-9H2,1-3H3,(H,14,15,16,17). The third kappa shape index (κ3) is 4.22. The number of anilines is 2. The molecule has 19 heavy (non-hydrogen) atoms. The van der Waals surface area contributed by atoms with Crippen molar-refractivity contribution >= 4 is 11.9 Å². The highest BCUT2D eigenvalue weighted by Crippen LogP contribution is 2.30. The molecule has 1 aliphatic carbocycles. The van der Waals surface area contributed by atoms with Crippen molar-refractivity contribution < 1.29 is 4.74 Å². The summed E-state index contributed by atoms with van der Waals surface area (Å²) < 4.78 is 5.41. The van der Waals surface area contributed by atoms with Crippen molar-refractivity contribution in [3.63, 3.8) is 0 Å². The zero-order valence-corrected chi connectivity index (χ0v) is 12.0. The van der Waals surface area contributed by atoms with E-state index < -0.39 is 0 Å². The van der Waals surface area contributed by atoms with E-state index in [4.69, 9.17) is 4.74 Å². The third-order valence-corrected chi connectivity index (χ3v) is 2.98. The molecule has 0 unspecified atom stereocenters. The van der Waals surface area contributed by atoms with Crippen LogP contribution in [0.1, 0.15) is 33.1 Å². The van der Waals surface area contributed by atoms with Gasteiger partial charge in [0.25, 0.3) is 0 Å². The van der Waals surface area contributed by atoms with E-state index in [1.165, 1.54) is 12.8 Å². The summed E-state index contributed by atoms with van der Waals surface area (Å²) in [6.45, 7) is 6.45. The first-order valence-electron chi connectivity index (χ1n) is 7.06. The number of nitrogens with zero attached hydrogens (tertiary/aromatic N) is 4. The van der Waals surface area contributed by atoms with Crippen LogP contribution in [0.15, 0.2) is 0 Å². The first-order chi connectivity index (χ1) is 9.22. The highest BCUT2D eigenvalue weighted by Gasteiger charge is 2.24. The van der Waals surface area contributed by atoms with E-state index in [2.05, 4.69) is 32.1 Å². The van der Waals surface area contributed by atoms with Gasteiger partial charge in [-0.2, -0.15) is 15.0 Å². The van der Waals surface area contributed by atoms with Crippen molar-refractivity contribution in [3.8, 4) is 6.01 Å². The van der Waals surface area contributed by atoms with Crippen LogP contribution in [0.3, 0.4) is 0 Å². The zero-order chi connectivity index (χ0) is 13.7. The Bertz CT molecular complexity index is 408. The van der Waals surface area contributed by atoms with Crippen molar-refractivity contribution in [3.05, 3.63) is 0 Å². The first kappa shape index (κ1) is 13.8. The highest BCUT2D eigenvalue weighted by atomic mass is 16.5. The summed E-state index contributed by atoms with van der Waals surface area (Å²) in [6.07, 6.45) is 3.66. The van der Waals surface area contributed by atoms with Crippen molar-refractivity contribution in [2.45, 2.75) is 33.1 Å². The van der Waals surface area contributed by atoms with E-state index in [1.54, 1.807) is 0 Å². The van der Waals surface area contributed by atoms with Crippen molar-refractivity contribution in [2.75, 3.05) is 37.0 Å². The highest BCUT2D eigenvalue weighted by molar-refractivity contribution is 5.37. The van der Waals surface area contributed by atoms with E-state index in [0.717, 1.165) is 25.4 Å². The second-order valence-corrected chi connectivity index (χ2v) is 4.93. The zero-order valence-electron chi connectivity index (χ0n) is 12.0. The second-order valence-electron chi connectivity index (χ2n) is 4.93. The van der Waals surface area contributed by atoms with Gasteiger partial charge in [-0.15, -0.1) is 0 Å². The molecule has 1 N–H and O–H groups in total. The summed E-state index contributed by atoms with van der Waals surface area (Å²) in [4.78, 5) is 15.1. The molecule has 1 aliphatic rings. The summed E-state index contributed by atoms with van der Waals surface area (Å²) in [5, 5.41) is 3.19. The Labute approximate surface area is 114 Å². The number of nitrogens with one attached hydrogen (secondary N) is 1. The van der Waals surface area contributed by atoms with Crippen LogP contribution in [0, 0.1) is 5.92 Å². The van der Waals surface area contributed by atoms with Crippen molar-refractivity contribution in [2.24, 2.45) is 5.92 Å². The minimum absolute atomic E-state index is 0.397. The molecule has 0 spiro atoms. The lowest BCUT2D eigenvalue weighted by Crippen LogP contribution is -2.23. The minimum atomic E-state index is 0.397. The molecule has 0 bridgehead atoms. The summed E-state index contributed by atoms with van der Waals surface area (Å²) >= 11 is 0. The molecule has 0 amide bonds. The van der Waals surface area contributed by atoms with Gasteiger partial charge < -0.3 is 15.0 Å². The van der Waals surface area contributed by atoms with Gasteiger partial charge in [-0.25, -0.2) is 0 Å². The molecule has 1 saturated carbocycles. The van der Waals surface area contributed by atoms with Crippen LogP contribution in [-0.2, 0) is 0 Å². The van der Waals surface area contributed by atoms with Crippen LogP contribution in [0.5, 0.6) is 6.01 Å². The van der Waals surface area contributed by atoms with Gasteiger partial charge in [0.1, 0.15) is 0 Å². The fourth-order valence-electron chi connectivity index (χ4n) is 1.80. The minimum Gasteiger partial charge on any atom is -0.464 e. The summed E-state index contributed by atoms with van der Waals surface area (Å²) in [5.74, 6) is 2.08. The van der Waals surface area contributed by atoms with Crippen LogP contribution in [-0.4, -0.2) is 41.7 Å². The Morgan fingerprint density at radius 1 is 1.26 bits per heavy atom. The molecule has 1 aromatic heterocycles. The van der Waals surface area contributed by atoms with E-state index in [9.17, 15) is 0 Å². The monoisotopic (exact) mass is 265 g/mol. The van der Waals surface area contributed by atoms with Crippen LogP contribution < -0.4 is 15.0 Å². The van der Waals surface area contributed by atoms with Gasteiger partial charge in [-0.1, -0.05) is 6.92 Å². The van der Waals surface area contributed by atoms with Gasteiger partial charge in [0.2, 0.25) is 11.9 Å². The molecule has 0 radical (unpaired) electrons. The number of hydrogen-bond acceptors (Lipinski definition) is 6. The molecule has 0 saturated heterocycles. The quantitative estimate of drug-likeness (QED) is 0.775. The molecule has 2 rings (SSSR count). The van der Waals surface area contributed by atoms with E-state index in [1.807, 2.05) is 14.0 Å². The Morgan fingerprint density at radius 3 is 2.68 bits per heavy atom. The van der Waals surface area contributed by atoms with Crippen LogP contribution in [0.25, 0.3) is 0 Å². The summed E-state index contributed by atoms with van der Waals surface area (Å²) in [5.41, 5.74) is 0. The molecule has 0 atom stereocenters. The Kier molecular flexibility index (Phi) is 4.76. The van der Waals surface area contributed by atoms with Crippen molar-refractivity contribution in [1.29, 1.82) is 0 Å². The fraction of sp³-hybridized carbons (Fsp3) is 0.769. The van der Waals surface area contributed by atoms with E-state index in [0.29, 0.717) is 24.5 Å². The van der Waals surface area contributed by atoms with Gasteiger partial charge >= 0.3 is 6.01 Å². The van der Waals surface area contributed by atoms with Crippen LogP contribution in [0.2, 0.25) is 0 Å². The smallest absolute Gasteiger partial charge is 0.323 e. The lowest BCUT2D eigenvalue weighted by atomic mass is 10.4. The topological polar surface area (TPSA) is 63.2 Å². The molecule has 0 aliphatic heterocycles. The largest absolute Gasteiger partial charge is 0.464 e. The molecular formula is C13H23N5O. The average Bonchev–Trinajstić information content (AvgIpc) is 3.20. The summed E-state index contributed by atoms with van der Waals surface area (Å²) in [6, 6.07) is 0.397. The van der Waals surface area contributed by atoms with Gasteiger partial charge in [0.05, 0.1) is 6.61 Å². The Balaban J connectivity index is 2.11. The molecule has 6 nitrogen and oxygen atoms in total. The molecular weight excluding hydrogens is 242 g/mol. The SMILES string of the molecule is CCCNc1nc(OCC)nc(N(C)CC2CC2)n1. The number of rotatable bonds is 8. The van der Waals surface area contributed by atoms with Crippen LogP contribution in [0.4, 0.5) is 11.9 Å². The molecule has 106 valence electrons. The van der Waals surface area contributed by atoms with E-state index >= 15 is 0 Å². The van der Waals surface area contributed by atoms with E-state index in [-0.39, 0.29) is 0 Å². The van der Waals surface area contributed by atoms with Crippen LogP contribution >= 0.6 is 0 Å². The van der Waals surface area contributed by atoms with Gasteiger partial charge in [-0.05, 0) is 32.1 Å². The van der Waals surface area contributed by atoms with Gasteiger partial charge in [0.15, 0.2) is 0 Å². The lowest BCUT2D eigenvalue weighted by Gasteiger charge is -2.17. The predicted molar refractivity (Wildman–Crippen MR) is 75.8 cm³/mol. The average molecular weight is 265 g/mol. The normalized spacial score (nSPS) is 14.3. The number of aromatic nitrogens is 3. The Morgan fingerprint density at radius 2 is 2.05 bits per heavy atom. The maximum Gasteiger partial charge on any atom is 0.323 e.